The number of aromatic hydroxyl groups is 1. The minimum absolute atomic E-state index is 0.0564. The summed E-state index contributed by atoms with van der Waals surface area (Å²) in [6.45, 7) is -0.246. The predicted molar refractivity (Wildman–Crippen MR) is 105 cm³/mol. The lowest BCUT2D eigenvalue weighted by Gasteiger charge is -2.06. The topological polar surface area (TPSA) is 90.8 Å². The standard InChI is InChI=1S/C20H16ClN3O3/c21-15-6-3-5-14(10-15)20(27)22-12-19(26)24-23-11-17-16-7-2-1-4-13(16)8-9-18(17)25/h1-11,25H,12H2,(H,22,27)(H,24,26)/b23-11+. The Morgan fingerprint density at radius 1 is 1.07 bits per heavy atom. The Morgan fingerprint density at radius 2 is 1.89 bits per heavy atom. The van der Waals surface area contributed by atoms with Crippen LogP contribution in [0.15, 0.2) is 65.8 Å². The summed E-state index contributed by atoms with van der Waals surface area (Å²) in [5.41, 5.74) is 3.18. The maximum absolute atomic E-state index is 12.0. The summed E-state index contributed by atoms with van der Waals surface area (Å²) < 4.78 is 0. The van der Waals surface area contributed by atoms with Gasteiger partial charge in [-0.25, -0.2) is 5.43 Å². The number of carbonyl (C=O) groups excluding carboxylic acids is 2. The third kappa shape index (κ3) is 4.62. The maximum Gasteiger partial charge on any atom is 0.259 e. The zero-order valence-corrected chi connectivity index (χ0v) is 14.9. The molecule has 0 heterocycles. The molecule has 3 rings (SSSR count). The molecule has 0 atom stereocenters. The molecular weight excluding hydrogens is 366 g/mol. The molecule has 0 radical (unpaired) electrons. The van der Waals surface area contributed by atoms with Crippen LogP contribution in [0, 0.1) is 0 Å². The Morgan fingerprint density at radius 3 is 2.70 bits per heavy atom. The van der Waals surface area contributed by atoms with Crippen LogP contribution in [0.4, 0.5) is 0 Å². The van der Waals surface area contributed by atoms with Crippen LogP contribution >= 0.6 is 11.6 Å². The van der Waals surface area contributed by atoms with Crippen LogP contribution in [0.25, 0.3) is 10.8 Å². The molecule has 0 aromatic heterocycles. The van der Waals surface area contributed by atoms with Gasteiger partial charge in [0.1, 0.15) is 5.75 Å². The summed E-state index contributed by atoms with van der Waals surface area (Å²) in [5, 5.41) is 18.6. The van der Waals surface area contributed by atoms with Gasteiger partial charge in [0.05, 0.1) is 12.8 Å². The van der Waals surface area contributed by atoms with Gasteiger partial charge in [-0.15, -0.1) is 0 Å². The minimum Gasteiger partial charge on any atom is -0.507 e. The van der Waals surface area contributed by atoms with Crippen LogP contribution in [0.5, 0.6) is 5.75 Å². The van der Waals surface area contributed by atoms with Crippen molar-refractivity contribution in [1.29, 1.82) is 0 Å². The van der Waals surface area contributed by atoms with Crippen LogP contribution < -0.4 is 10.7 Å². The number of halogens is 1. The molecule has 2 amide bonds. The Kier molecular flexibility index (Phi) is 5.68. The summed E-state index contributed by atoms with van der Waals surface area (Å²) in [7, 11) is 0. The molecule has 0 aliphatic rings. The average molecular weight is 382 g/mol. The van der Waals surface area contributed by atoms with E-state index in [-0.39, 0.29) is 12.3 Å². The minimum atomic E-state index is -0.499. The fourth-order valence-electron chi connectivity index (χ4n) is 2.52. The SMILES string of the molecule is O=C(CNC(=O)c1cccc(Cl)c1)N/N=C/c1c(O)ccc2ccccc12. The number of phenols is 1. The number of rotatable bonds is 5. The number of phenolic OH excluding ortho intramolecular Hbond substituents is 1. The number of fused-ring (bicyclic) bond motifs is 1. The highest BCUT2D eigenvalue weighted by Gasteiger charge is 2.08. The zero-order valence-electron chi connectivity index (χ0n) is 14.1. The molecule has 136 valence electrons. The van der Waals surface area contributed by atoms with Gasteiger partial charge in [0, 0.05) is 16.1 Å². The molecule has 7 heteroatoms. The molecule has 3 aromatic carbocycles. The van der Waals surface area contributed by atoms with Crippen LogP contribution in [0.2, 0.25) is 5.02 Å². The molecule has 0 spiro atoms. The number of hydrazone groups is 1. The molecule has 0 aliphatic carbocycles. The van der Waals surface area contributed by atoms with E-state index in [2.05, 4.69) is 15.8 Å². The van der Waals surface area contributed by atoms with Crippen molar-refractivity contribution in [2.45, 2.75) is 0 Å². The normalized spacial score (nSPS) is 10.9. The van der Waals surface area contributed by atoms with Gasteiger partial charge >= 0.3 is 0 Å². The van der Waals surface area contributed by atoms with Crippen molar-refractivity contribution in [2.75, 3.05) is 6.54 Å². The van der Waals surface area contributed by atoms with E-state index in [1.807, 2.05) is 24.3 Å². The lowest BCUT2D eigenvalue weighted by atomic mass is 10.0. The molecule has 6 nitrogen and oxygen atoms in total. The van der Waals surface area contributed by atoms with Gasteiger partial charge in [0.15, 0.2) is 0 Å². The zero-order chi connectivity index (χ0) is 19.2. The van der Waals surface area contributed by atoms with E-state index in [1.54, 1.807) is 30.3 Å². The van der Waals surface area contributed by atoms with Gasteiger partial charge in [-0.3, -0.25) is 9.59 Å². The van der Waals surface area contributed by atoms with Crippen LogP contribution in [-0.4, -0.2) is 29.7 Å². The summed E-state index contributed by atoms with van der Waals surface area (Å²) in [5.74, 6) is -0.856. The first-order valence-corrected chi connectivity index (χ1v) is 8.49. The highest BCUT2D eigenvalue weighted by atomic mass is 35.5. The van der Waals surface area contributed by atoms with Crippen molar-refractivity contribution in [3.05, 3.63) is 76.8 Å². The number of hydrogen-bond acceptors (Lipinski definition) is 4. The first-order valence-electron chi connectivity index (χ1n) is 8.11. The van der Waals surface area contributed by atoms with Crippen LogP contribution in [0.3, 0.4) is 0 Å². The van der Waals surface area contributed by atoms with Gasteiger partial charge in [0.25, 0.3) is 11.8 Å². The fourth-order valence-corrected chi connectivity index (χ4v) is 2.71. The predicted octanol–water partition coefficient (Wildman–Crippen LogP) is 3.08. The van der Waals surface area contributed by atoms with Crippen LogP contribution in [-0.2, 0) is 4.79 Å². The van der Waals surface area contributed by atoms with Crippen molar-refractivity contribution in [1.82, 2.24) is 10.7 Å². The molecule has 0 saturated heterocycles. The van der Waals surface area contributed by atoms with Crippen molar-refractivity contribution in [2.24, 2.45) is 5.10 Å². The first-order chi connectivity index (χ1) is 13.0. The molecule has 0 saturated carbocycles. The molecule has 3 N–H and O–H groups in total. The number of hydrogen-bond donors (Lipinski definition) is 3. The van der Waals surface area contributed by atoms with Gasteiger partial charge in [-0.2, -0.15) is 5.10 Å². The quantitative estimate of drug-likeness (QED) is 0.468. The lowest BCUT2D eigenvalue weighted by molar-refractivity contribution is -0.120. The van der Waals surface area contributed by atoms with Gasteiger partial charge in [-0.05, 0) is 35.0 Å². The van der Waals surface area contributed by atoms with E-state index in [0.717, 1.165) is 10.8 Å². The average Bonchev–Trinajstić information content (AvgIpc) is 2.68. The third-order valence-corrected chi connectivity index (χ3v) is 4.06. The van der Waals surface area contributed by atoms with E-state index in [4.69, 9.17) is 11.6 Å². The number of nitrogens with zero attached hydrogens (tertiary/aromatic N) is 1. The first kappa shape index (κ1) is 18.4. The van der Waals surface area contributed by atoms with Crippen molar-refractivity contribution >= 4 is 40.4 Å². The lowest BCUT2D eigenvalue weighted by Crippen LogP contribution is -2.34. The Labute approximate surface area is 160 Å². The number of amides is 2. The summed E-state index contributed by atoms with van der Waals surface area (Å²) in [6, 6.07) is 17.3. The second-order valence-corrected chi connectivity index (χ2v) is 6.14. The molecule has 0 unspecified atom stereocenters. The summed E-state index contributed by atoms with van der Waals surface area (Å²) in [4.78, 5) is 23.8. The van der Waals surface area contributed by atoms with Gasteiger partial charge < -0.3 is 10.4 Å². The fraction of sp³-hybridized carbons (Fsp3) is 0.0500. The molecular formula is C20H16ClN3O3. The van der Waals surface area contributed by atoms with Crippen molar-refractivity contribution < 1.29 is 14.7 Å². The summed E-state index contributed by atoms with van der Waals surface area (Å²) in [6.07, 6.45) is 1.37. The van der Waals surface area contributed by atoms with Gasteiger partial charge in [-0.1, -0.05) is 48.0 Å². The highest BCUT2D eigenvalue weighted by Crippen LogP contribution is 2.25. The van der Waals surface area contributed by atoms with E-state index in [9.17, 15) is 14.7 Å². The van der Waals surface area contributed by atoms with Gasteiger partial charge in [0.2, 0.25) is 0 Å². The van der Waals surface area contributed by atoms with E-state index in [0.29, 0.717) is 16.1 Å². The second-order valence-electron chi connectivity index (χ2n) is 5.71. The number of nitrogens with one attached hydrogen (secondary N) is 2. The van der Waals surface area contributed by atoms with Crippen molar-refractivity contribution in [3.8, 4) is 5.75 Å². The Hall–Kier alpha value is -3.38. The molecule has 27 heavy (non-hydrogen) atoms. The summed E-state index contributed by atoms with van der Waals surface area (Å²) >= 11 is 5.83. The molecule has 0 aliphatic heterocycles. The third-order valence-electron chi connectivity index (χ3n) is 3.83. The monoisotopic (exact) mass is 381 g/mol. The molecule has 0 fully saturated rings. The Bertz CT molecular complexity index is 1030. The molecule has 0 bridgehead atoms. The second kappa shape index (κ2) is 8.33. The van der Waals surface area contributed by atoms with E-state index >= 15 is 0 Å². The van der Waals surface area contributed by atoms with Crippen LogP contribution in [0.1, 0.15) is 15.9 Å². The largest absolute Gasteiger partial charge is 0.507 e. The number of carbonyl (C=O) groups is 2. The number of benzene rings is 3. The maximum atomic E-state index is 12.0. The van der Waals surface area contributed by atoms with Crippen molar-refractivity contribution in [3.63, 3.8) is 0 Å². The smallest absolute Gasteiger partial charge is 0.259 e. The highest BCUT2D eigenvalue weighted by molar-refractivity contribution is 6.31. The Balaban J connectivity index is 1.60. The van der Waals surface area contributed by atoms with E-state index in [1.165, 1.54) is 12.3 Å². The van der Waals surface area contributed by atoms with E-state index < -0.39 is 11.8 Å². The molecule has 3 aromatic rings.